The van der Waals surface area contributed by atoms with Crippen molar-refractivity contribution in [3.63, 3.8) is 0 Å². The van der Waals surface area contributed by atoms with Crippen LogP contribution < -0.4 is 0 Å². The molecule has 0 radical (unpaired) electrons. The van der Waals surface area contributed by atoms with Gasteiger partial charge in [-0.2, -0.15) is 0 Å². The highest BCUT2D eigenvalue weighted by molar-refractivity contribution is 8.00. The van der Waals surface area contributed by atoms with E-state index >= 15 is 0 Å². The van der Waals surface area contributed by atoms with Gasteiger partial charge in [0.1, 0.15) is 5.52 Å². The molecule has 0 N–H and O–H groups in total. The van der Waals surface area contributed by atoms with Crippen LogP contribution in [0.3, 0.4) is 0 Å². The van der Waals surface area contributed by atoms with Crippen LogP contribution in [0.2, 0.25) is 0 Å². The fourth-order valence-corrected chi connectivity index (χ4v) is 3.98. The van der Waals surface area contributed by atoms with E-state index in [0.717, 1.165) is 23.9 Å². The molecule has 2 aromatic rings. The molecule has 4 nitrogen and oxygen atoms in total. The van der Waals surface area contributed by atoms with Gasteiger partial charge in [-0.3, -0.25) is 4.79 Å². The maximum absolute atomic E-state index is 12.8. The van der Waals surface area contributed by atoms with E-state index in [2.05, 4.69) is 18.8 Å². The normalized spacial score (nSPS) is 23.7. The number of thioether (sulfide) groups is 1. The Balaban J connectivity index is 1.72. The van der Waals surface area contributed by atoms with Crippen LogP contribution in [0.4, 0.5) is 0 Å². The summed E-state index contributed by atoms with van der Waals surface area (Å²) in [6.07, 6.45) is 3.39. The molecular formula is C17H22N2O2S. The first-order chi connectivity index (χ1) is 10.6. The van der Waals surface area contributed by atoms with E-state index in [1.54, 1.807) is 0 Å². The minimum absolute atomic E-state index is 0.184. The standard InChI is InChI=1S/C17H22N2O2S/c1-11-7-6-8-12(2)19(11)16(20)13(3)22-17-18-14-9-4-5-10-15(14)21-17/h4-5,9-13H,6-8H2,1-3H3/t11-,12-,13+/m0/s1. The molecule has 1 fully saturated rings. The Hall–Kier alpha value is -1.49. The Morgan fingerprint density at radius 2 is 2.00 bits per heavy atom. The molecule has 0 unspecified atom stereocenters. The summed E-state index contributed by atoms with van der Waals surface area (Å²) >= 11 is 1.41. The quantitative estimate of drug-likeness (QED) is 0.799. The number of hydrogen-bond acceptors (Lipinski definition) is 4. The number of nitrogens with zero attached hydrogens (tertiary/aromatic N) is 2. The average molecular weight is 318 g/mol. The van der Waals surface area contributed by atoms with Crippen LogP contribution in [-0.2, 0) is 4.79 Å². The van der Waals surface area contributed by atoms with Crippen molar-refractivity contribution >= 4 is 28.8 Å². The highest BCUT2D eigenvalue weighted by Crippen LogP contribution is 2.30. The van der Waals surface area contributed by atoms with Gasteiger partial charge in [-0.15, -0.1) is 0 Å². The number of carbonyl (C=O) groups is 1. The van der Waals surface area contributed by atoms with Crippen LogP contribution in [0, 0.1) is 0 Å². The Labute approximate surface area is 135 Å². The number of fused-ring (bicyclic) bond motifs is 1. The molecule has 1 saturated heterocycles. The molecule has 1 aromatic heterocycles. The first kappa shape index (κ1) is 15.4. The molecule has 3 rings (SSSR count). The number of aromatic nitrogens is 1. The molecule has 1 aromatic carbocycles. The minimum atomic E-state index is -0.184. The molecule has 0 aliphatic carbocycles. The van der Waals surface area contributed by atoms with Crippen molar-refractivity contribution in [1.82, 2.24) is 9.88 Å². The molecule has 2 heterocycles. The lowest BCUT2D eigenvalue weighted by Gasteiger charge is -2.40. The van der Waals surface area contributed by atoms with Gasteiger partial charge >= 0.3 is 0 Å². The maximum Gasteiger partial charge on any atom is 0.257 e. The van der Waals surface area contributed by atoms with Crippen LogP contribution in [0.5, 0.6) is 0 Å². The second-order valence-corrected chi connectivity index (χ2v) is 7.37. The summed E-state index contributed by atoms with van der Waals surface area (Å²) in [6.45, 7) is 6.23. The van der Waals surface area contributed by atoms with E-state index in [9.17, 15) is 4.79 Å². The molecule has 22 heavy (non-hydrogen) atoms. The second kappa shape index (κ2) is 6.32. The number of rotatable bonds is 3. The van der Waals surface area contributed by atoms with Gasteiger partial charge in [-0.25, -0.2) is 4.98 Å². The monoisotopic (exact) mass is 318 g/mol. The SMILES string of the molecule is C[C@@H](Sc1nc2ccccc2o1)C(=O)N1[C@@H](C)CCC[C@@H]1C. The number of carbonyl (C=O) groups excluding carboxylic acids is 1. The molecule has 0 spiro atoms. The fraction of sp³-hybridized carbons (Fsp3) is 0.529. The number of amides is 1. The van der Waals surface area contributed by atoms with Gasteiger partial charge in [-0.1, -0.05) is 23.9 Å². The Kier molecular flexibility index (Phi) is 4.43. The van der Waals surface area contributed by atoms with Crippen LogP contribution in [0.15, 0.2) is 33.9 Å². The topological polar surface area (TPSA) is 46.3 Å². The van der Waals surface area contributed by atoms with Gasteiger partial charge in [-0.05, 0) is 52.2 Å². The minimum Gasteiger partial charge on any atom is -0.431 e. The van der Waals surface area contributed by atoms with Crippen molar-refractivity contribution in [2.45, 2.75) is 62.6 Å². The van der Waals surface area contributed by atoms with Gasteiger partial charge in [0.2, 0.25) is 5.91 Å². The van der Waals surface area contributed by atoms with Gasteiger partial charge < -0.3 is 9.32 Å². The maximum atomic E-state index is 12.8. The molecule has 3 atom stereocenters. The predicted molar refractivity (Wildman–Crippen MR) is 88.9 cm³/mol. The Bertz CT molecular complexity index is 626. The second-order valence-electron chi connectivity index (χ2n) is 6.08. The number of para-hydroxylation sites is 2. The predicted octanol–water partition coefficient (Wildman–Crippen LogP) is 4.10. The van der Waals surface area contributed by atoms with E-state index in [1.165, 1.54) is 18.2 Å². The lowest BCUT2D eigenvalue weighted by atomic mass is 9.97. The van der Waals surface area contributed by atoms with E-state index in [1.807, 2.05) is 36.1 Å². The first-order valence-electron chi connectivity index (χ1n) is 7.90. The van der Waals surface area contributed by atoms with Crippen LogP contribution in [-0.4, -0.2) is 33.1 Å². The third kappa shape index (κ3) is 3.00. The molecule has 118 valence electrons. The number of hydrogen-bond donors (Lipinski definition) is 0. The lowest BCUT2D eigenvalue weighted by molar-refractivity contribution is -0.136. The van der Waals surface area contributed by atoms with Crippen molar-refractivity contribution in [3.05, 3.63) is 24.3 Å². The van der Waals surface area contributed by atoms with E-state index < -0.39 is 0 Å². The summed E-state index contributed by atoms with van der Waals surface area (Å²) in [6, 6.07) is 8.32. The number of piperidine rings is 1. The summed E-state index contributed by atoms with van der Waals surface area (Å²) in [5.41, 5.74) is 1.61. The largest absolute Gasteiger partial charge is 0.431 e. The molecule has 1 aliphatic heterocycles. The highest BCUT2D eigenvalue weighted by atomic mass is 32.2. The Morgan fingerprint density at radius 3 is 2.68 bits per heavy atom. The third-order valence-corrected chi connectivity index (χ3v) is 5.28. The summed E-state index contributed by atoms with van der Waals surface area (Å²) in [7, 11) is 0. The number of likely N-dealkylation sites (tertiary alicyclic amines) is 1. The fourth-order valence-electron chi connectivity index (χ4n) is 3.17. The zero-order valence-corrected chi connectivity index (χ0v) is 14.1. The van der Waals surface area contributed by atoms with E-state index in [4.69, 9.17) is 4.42 Å². The lowest BCUT2D eigenvalue weighted by Crippen LogP contribution is -2.50. The molecule has 1 aliphatic rings. The van der Waals surface area contributed by atoms with Crippen molar-refractivity contribution < 1.29 is 9.21 Å². The van der Waals surface area contributed by atoms with E-state index in [0.29, 0.717) is 17.3 Å². The van der Waals surface area contributed by atoms with Gasteiger partial charge in [0.05, 0.1) is 5.25 Å². The van der Waals surface area contributed by atoms with E-state index in [-0.39, 0.29) is 11.2 Å². The number of benzene rings is 1. The van der Waals surface area contributed by atoms with Crippen LogP contribution in [0.1, 0.15) is 40.0 Å². The van der Waals surface area contributed by atoms with Crippen molar-refractivity contribution in [2.24, 2.45) is 0 Å². The van der Waals surface area contributed by atoms with Crippen molar-refractivity contribution in [1.29, 1.82) is 0 Å². The van der Waals surface area contributed by atoms with Crippen molar-refractivity contribution in [3.8, 4) is 0 Å². The van der Waals surface area contributed by atoms with Crippen LogP contribution in [0.25, 0.3) is 11.1 Å². The molecular weight excluding hydrogens is 296 g/mol. The zero-order valence-electron chi connectivity index (χ0n) is 13.3. The van der Waals surface area contributed by atoms with Gasteiger partial charge in [0.25, 0.3) is 5.22 Å². The number of oxazole rings is 1. The first-order valence-corrected chi connectivity index (χ1v) is 8.78. The molecule has 1 amide bonds. The molecule has 0 bridgehead atoms. The van der Waals surface area contributed by atoms with Crippen molar-refractivity contribution in [2.75, 3.05) is 0 Å². The summed E-state index contributed by atoms with van der Waals surface area (Å²) < 4.78 is 5.71. The zero-order chi connectivity index (χ0) is 15.7. The summed E-state index contributed by atoms with van der Waals surface area (Å²) in [5, 5.41) is 0.385. The van der Waals surface area contributed by atoms with Gasteiger partial charge in [0.15, 0.2) is 5.58 Å². The average Bonchev–Trinajstić information content (AvgIpc) is 2.89. The molecule has 0 saturated carbocycles. The van der Waals surface area contributed by atoms with Gasteiger partial charge in [0, 0.05) is 12.1 Å². The third-order valence-electron chi connectivity index (χ3n) is 4.35. The highest BCUT2D eigenvalue weighted by Gasteiger charge is 2.32. The summed E-state index contributed by atoms with van der Waals surface area (Å²) in [4.78, 5) is 19.3. The smallest absolute Gasteiger partial charge is 0.257 e. The van der Waals surface area contributed by atoms with Crippen LogP contribution >= 0.6 is 11.8 Å². The summed E-state index contributed by atoms with van der Waals surface area (Å²) in [5.74, 6) is 0.187. The molecule has 5 heteroatoms. The Morgan fingerprint density at radius 1 is 1.32 bits per heavy atom.